The summed E-state index contributed by atoms with van der Waals surface area (Å²) in [5.74, 6) is -6.41. The van der Waals surface area contributed by atoms with Crippen LogP contribution in [0.3, 0.4) is 0 Å². The number of nitrogens with one attached hydrogen (secondary N) is 2. The van der Waals surface area contributed by atoms with E-state index < -0.39 is 59.0 Å². The maximum absolute atomic E-state index is 14.3. The molecule has 0 fully saturated rings. The van der Waals surface area contributed by atoms with Crippen molar-refractivity contribution in [2.75, 3.05) is 13.7 Å². The lowest BCUT2D eigenvalue weighted by atomic mass is 9.94. The van der Waals surface area contributed by atoms with Crippen LogP contribution in [0, 0.1) is 29.2 Å². The lowest BCUT2D eigenvalue weighted by Gasteiger charge is -2.36. The summed E-state index contributed by atoms with van der Waals surface area (Å²) < 4.78 is 66.8. The number of benzene rings is 2. The Bertz CT molecular complexity index is 1640. The summed E-state index contributed by atoms with van der Waals surface area (Å²) in [7, 11) is 1.41. The van der Waals surface area contributed by atoms with Crippen molar-refractivity contribution in [1.29, 1.82) is 0 Å². The molecule has 2 N–H and O–H groups in total. The van der Waals surface area contributed by atoms with E-state index in [1.165, 1.54) is 18.0 Å². The molecule has 1 amide bonds. The Labute approximate surface area is 212 Å². The number of likely N-dealkylation sites (N-methyl/N-ethyl adjacent to an activating group) is 1. The number of carbonyl (C=O) groups excluding carboxylic acids is 2. The van der Waals surface area contributed by atoms with Gasteiger partial charge in [-0.2, -0.15) is 0 Å². The van der Waals surface area contributed by atoms with E-state index in [9.17, 15) is 31.9 Å². The third-order valence-corrected chi connectivity index (χ3v) is 6.48. The van der Waals surface area contributed by atoms with E-state index in [4.69, 9.17) is 9.47 Å². The van der Waals surface area contributed by atoms with E-state index in [-0.39, 0.29) is 45.2 Å². The Morgan fingerprint density at radius 1 is 0.974 bits per heavy atom. The third-order valence-electron chi connectivity index (χ3n) is 6.48. The number of hydrogen-bond acceptors (Lipinski definition) is 5. The standard InChI is InChI=1S/C26H21F4N3O5/c1-10(2)25(36)38-26-22-21(12-6-15(28)16(29)7-13(12)23(34)32-22)20(9-37-26)33(3)24(35)19-5-11-4-14(27)17(30)8-18(11)31-19/h4-8,10,20,26,31H,9H2,1-3H3,(H,32,34)/t20-,26+/m0/s1. The third kappa shape index (κ3) is 4.20. The highest BCUT2D eigenvalue weighted by Gasteiger charge is 2.38. The molecule has 0 bridgehead atoms. The van der Waals surface area contributed by atoms with Gasteiger partial charge in [-0.25, -0.2) is 17.6 Å². The second kappa shape index (κ2) is 9.28. The number of aromatic nitrogens is 2. The smallest absolute Gasteiger partial charge is 0.310 e. The summed E-state index contributed by atoms with van der Waals surface area (Å²) in [6.07, 6.45) is -1.37. The van der Waals surface area contributed by atoms with E-state index in [1.54, 1.807) is 13.8 Å². The zero-order valence-corrected chi connectivity index (χ0v) is 20.3. The summed E-state index contributed by atoms with van der Waals surface area (Å²) in [6.45, 7) is 2.95. The molecule has 0 radical (unpaired) electrons. The molecule has 1 aliphatic heterocycles. The summed E-state index contributed by atoms with van der Waals surface area (Å²) in [5, 5.41) is 0.0804. The number of rotatable bonds is 4. The van der Waals surface area contributed by atoms with Crippen LogP contribution in [0.1, 0.15) is 47.9 Å². The van der Waals surface area contributed by atoms with Gasteiger partial charge in [-0.15, -0.1) is 0 Å². The monoisotopic (exact) mass is 531 g/mol. The normalized spacial score (nSPS) is 17.2. The van der Waals surface area contributed by atoms with Gasteiger partial charge in [0.1, 0.15) is 5.69 Å². The molecule has 38 heavy (non-hydrogen) atoms. The molecule has 0 spiro atoms. The molecule has 198 valence electrons. The van der Waals surface area contributed by atoms with Gasteiger partial charge >= 0.3 is 5.97 Å². The molecule has 5 rings (SSSR count). The van der Waals surface area contributed by atoms with Crippen molar-refractivity contribution in [2.24, 2.45) is 5.92 Å². The fourth-order valence-electron chi connectivity index (χ4n) is 4.46. The average Bonchev–Trinajstić information content (AvgIpc) is 3.27. The average molecular weight is 531 g/mol. The Balaban J connectivity index is 1.63. The van der Waals surface area contributed by atoms with Gasteiger partial charge < -0.3 is 24.3 Å². The minimum atomic E-state index is -1.37. The molecule has 0 saturated heterocycles. The van der Waals surface area contributed by atoms with Gasteiger partial charge in [0.05, 0.1) is 29.6 Å². The van der Waals surface area contributed by atoms with Crippen LogP contribution in [0.4, 0.5) is 17.6 Å². The highest BCUT2D eigenvalue weighted by atomic mass is 19.2. The van der Waals surface area contributed by atoms with Gasteiger partial charge in [-0.1, -0.05) is 13.8 Å². The minimum Gasteiger partial charge on any atom is -0.429 e. The van der Waals surface area contributed by atoms with Crippen LogP contribution >= 0.6 is 0 Å². The highest BCUT2D eigenvalue weighted by molar-refractivity contribution is 5.98. The molecule has 2 aromatic heterocycles. The fourth-order valence-corrected chi connectivity index (χ4v) is 4.46. The maximum atomic E-state index is 14.3. The van der Waals surface area contributed by atoms with Crippen LogP contribution in [0.25, 0.3) is 21.7 Å². The zero-order chi connectivity index (χ0) is 27.5. The number of carbonyl (C=O) groups is 2. The molecule has 2 aromatic carbocycles. The second-order valence-corrected chi connectivity index (χ2v) is 9.32. The molecule has 12 heteroatoms. The first-order valence-corrected chi connectivity index (χ1v) is 11.6. The molecule has 0 unspecified atom stereocenters. The maximum Gasteiger partial charge on any atom is 0.310 e. The van der Waals surface area contributed by atoms with E-state index in [2.05, 4.69) is 9.97 Å². The quantitative estimate of drug-likeness (QED) is 0.296. The Morgan fingerprint density at radius 3 is 2.29 bits per heavy atom. The molecule has 0 aliphatic carbocycles. The van der Waals surface area contributed by atoms with Crippen molar-refractivity contribution in [3.8, 4) is 0 Å². The Hall–Kier alpha value is -4.19. The van der Waals surface area contributed by atoms with Gasteiger partial charge in [0.2, 0.25) is 6.29 Å². The molecule has 1 aliphatic rings. The number of esters is 1. The van der Waals surface area contributed by atoms with Crippen molar-refractivity contribution < 1.29 is 36.6 Å². The fraction of sp³-hybridized carbons (Fsp3) is 0.269. The lowest BCUT2D eigenvalue weighted by Crippen LogP contribution is -2.39. The van der Waals surface area contributed by atoms with Crippen LogP contribution < -0.4 is 5.56 Å². The van der Waals surface area contributed by atoms with Crippen LogP contribution in [0.5, 0.6) is 0 Å². The first-order valence-electron chi connectivity index (χ1n) is 11.6. The van der Waals surface area contributed by atoms with Crippen LogP contribution in [0.15, 0.2) is 35.1 Å². The predicted molar refractivity (Wildman–Crippen MR) is 127 cm³/mol. The number of ether oxygens (including phenoxy) is 2. The zero-order valence-electron chi connectivity index (χ0n) is 20.3. The molecule has 8 nitrogen and oxygen atoms in total. The molecule has 2 atom stereocenters. The summed E-state index contributed by atoms with van der Waals surface area (Å²) in [6, 6.07) is 3.83. The number of nitrogens with zero attached hydrogens (tertiary/aromatic N) is 1. The number of H-pyrrole nitrogens is 2. The number of hydrogen-bond donors (Lipinski definition) is 2. The van der Waals surface area contributed by atoms with Gasteiger partial charge in [-0.05, 0) is 29.7 Å². The van der Waals surface area contributed by atoms with Crippen molar-refractivity contribution in [2.45, 2.75) is 26.2 Å². The second-order valence-electron chi connectivity index (χ2n) is 9.32. The summed E-state index contributed by atoms with van der Waals surface area (Å²) in [4.78, 5) is 45.0. The topological polar surface area (TPSA) is 104 Å². The van der Waals surface area contributed by atoms with Gasteiger partial charge in [0.25, 0.3) is 11.5 Å². The molecule has 0 saturated carbocycles. The van der Waals surface area contributed by atoms with E-state index in [0.717, 1.165) is 24.3 Å². The number of amides is 1. The first kappa shape index (κ1) is 25.5. The van der Waals surface area contributed by atoms with Crippen LogP contribution in [-0.4, -0.2) is 40.4 Å². The van der Waals surface area contributed by atoms with Crippen molar-refractivity contribution in [3.63, 3.8) is 0 Å². The van der Waals surface area contributed by atoms with Crippen molar-refractivity contribution in [3.05, 3.63) is 80.9 Å². The van der Waals surface area contributed by atoms with Crippen molar-refractivity contribution in [1.82, 2.24) is 14.9 Å². The summed E-state index contributed by atoms with van der Waals surface area (Å²) >= 11 is 0. The summed E-state index contributed by atoms with van der Waals surface area (Å²) in [5.41, 5.74) is -0.432. The highest BCUT2D eigenvalue weighted by Crippen LogP contribution is 2.39. The van der Waals surface area contributed by atoms with Gasteiger partial charge in [-0.3, -0.25) is 14.4 Å². The molecular formula is C26H21F4N3O5. The number of aromatic amines is 2. The number of halogens is 4. The first-order chi connectivity index (χ1) is 18.0. The van der Waals surface area contributed by atoms with Gasteiger partial charge in [0, 0.05) is 29.6 Å². The van der Waals surface area contributed by atoms with E-state index in [1.807, 2.05) is 0 Å². The van der Waals surface area contributed by atoms with Gasteiger partial charge in [0.15, 0.2) is 23.3 Å². The molecular weight excluding hydrogens is 510 g/mol. The lowest BCUT2D eigenvalue weighted by molar-refractivity contribution is -0.192. The number of pyridine rings is 1. The SMILES string of the molecule is CC(C)C(=O)O[C@H]1OC[C@H](N(C)C(=O)c2cc3cc(F)c(F)cc3[nH]2)c2c1[nH]c(=O)c1cc(F)c(F)cc21. The predicted octanol–water partition coefficient (Wildman–Crippen LogP) is 4.61. The molecule has 3 heterocycles. The minimum absolute atomic E-state index is 0.00184. The van der Waals surface area contributed by atoms with Crippen LogP contribution in [-0.2, 0) is 14.3 Å². The Morgan fingerprint density at radius 2 is 1.61 bits per heavy atom. The van der Waals surface area contributed by atoms with E-state index >= 15 is 0 Å². The number of fused-ring (bicyclic) bond motifs is 4. The van der Waals surface area contributed by atoms with E-state index in [0.29, 0.717) is 0 Å². The Kier molecular flexibility index (Phi) is 6.22. The van der Waals surface area contributed by atoms with Crippen molar-refractivity contribution >= 4 is 33.6 Å². The largest absolute Gasteiger partial charge is 0.429 e. The van der Waals surface area contributed by atoms with Crippen LogP contribution in [0.2, 0.25) is 0 Å². The molecule has 4 aromatic rings.